The molecule has 0 amide bonds. The highest BCUT2D eigenvalue weighted by Crippen LogP contribution is 2.21. The minimum Gasteiger partial charge on any atom is -0.299 e. The molecule has 2 heteroatoms. The number of benzene rings is 2. The highest BCUT2D eigenvalue weighted by Gasteiger charge is 2.12. The zero-order chi connectivity index (χ0) is 14.8. The van der Waals surface area contributed by atoms with E-state index in [0.717, 1.165) is 24.8 Å². The Morgan fingerprint density at radius 2 is 1.62 bits per heavy atom. The van der Waals surface area contributed by atoms with Crippen molar-refractivity contribution in [2.45, 2.75) is 12.3 Å². The molecule has 0 radical (unpaired) electrons. The van der Waals surface area contributed by atoms with Crippen LogP contribution in [0, 0.1) is 0 Å². The SMILES string of the molecule is C1=NCC(c2ccccc2)C1.O=C/C=C/c1ccccc1. The number of carbonyl (C=O) groups excluding carboxylic acids is 1. The number of hydrogen-bond acceptors (Lipinski definition) is 2. The third-order valence-corrected chi connectivity index (χ3v) is 3.28. The summed E-state index contributed by atoms with van der Waals surface area (Å²) >= 11 is 0. The zero-order valence-electron chi connectivity index (χ0n) is 11.9. The van der Waals surface area contributed by atoms with Crippen LogP contribution in [-0.2, 0) is 4.79 Å². The van der Waals surface area contributed by atoms with E-state index in [-0.39, 0.29) is 0 Å². The first-order valence-electron chi connectivity index (χ1n) is 7.10. The van der Waals surface area contributed by atoms with Crippen molar-refractivity contribution >= 4 is 18.6 Å². The minimum absolute atomic E-state index is 0.649. The number of carbonyl (C=O) groups is 1. The molecule has 2 nitrogen and oxygen atoms in total. The molecule has 1 heterocycles. The third kappa shape index (κ3) is 5.19. The molecule has 2 aromatic rings. The standard InChI is InChI=1S/C10H11N.C9H8O/c1-2-4-9(5-3-1)10-6-7-11-8-10;10-8-4-7-9-5-2-1-3-6-9/h1-5,7,10H,6,8H2;1-8H/b;7-4+. The maximum atomic E-state index is 9.89. The molecule has 0 saturated carbocycles. The summed E-state index contributed by atoms with van der Waals surface area (Å²) in [5, 5.41) is 0. The van der Waals surface area contributed by atoms with E-state index in [4.69, 9.17) is 0 Å². The maximum absolute atomic E-state index is 9.89. The number of aldehydes is 1. The number of hydrogen-bond donors (Lipinski definition) is 0. The molecule has 2 aromatic carbocycles. The number of aliphatic imine (C=N–C) groups is 1. The molecule has 21 heavy (non-hydrogen) atoms. The lowest BCUT2D eigenvalue weighted by Crippen LogP contribution is -1.96. The van der Waals surface area contributed by atoms with Gasteiger partial charge in [0.25, 0.3) is 0 Å². The van der Waals surface area contributed by atoms with Gasteiger partial charge in [0.2, 0.25) is 0 Å². The van der Waals surface area contributed by atoms with Gasteiger partial charge in [-0.1, -0.05) is 66.7 Å². The summed E-state index contributed by atoms with van der Waals surface area (Å²) in [4.78, 5) is 14.1. The van der Waals surface area contributed by atoms with Gasteiger partial charge in [0.05, 0.1) is 0 Å². The average Bonchev–Trinajstić information content (AvgIpc) is 3.10. The number of nitrogens with zero attached hydrogens (tertiary/aromatic N) is 1. The Hall–Kier alpha value is -2.48. The van der Waals surface area contributed by atoms with Crippen molar-refractivity contribution in [3.8, 4) is 0 Å². The van der Waals surface area contributed by atoms with Crippen LogP contribution in [0.1, 0.15) is 23.5 Å². The van der Waals surface area contributed by atoms with E-state index in [9.17, 15) is 4.79 Å². The molecule has 0 aliphatic carbocycles. The summed E-state index contributed by atoms with van der Waals surface area (Å²) in [6.07, 6.45) is 7.16. The second-order valence-electron chi connectivity index (χ2n) is 4.80. The molecule has 3 rings (SSSR count). The first kappa shape index (κ1) is 14.9. The summed E-state index contributed by atoms with van der Waals surface area (Å²) < 4.78 is 0. The van der Waals surface area contributed by atoms with E-state index in [1.54, 1.807) is 6.08 Å². The molecule has 0 fully saturated rings. The summed E-state index contributed by atoms with van der Waals surface area (Å²) in [7, 11) is 0. The normalized spacial score (nSPS) is 16.5. The Morgan fingerprint density at radius 1 is 0.952 bits per heavy atom. The molecule has 0 spiro atoms. The van der Waals surface area contributed by atoms with E-state index in [0.29, 0.717) is 5.92 Å². The fourth-order valence-electron chi connectivity index (χ4n) is 2.16. The monoisotopic (exact) mass is 277 g/mol. The van der Waals surface area contributed by atoms with Crippen molar-refractivity contribution in [3.05, 3.63) is 77.9 Å². The predicted molar refractivity (Wildman–Crippen MR) is 88.7 cm³/mol. The van der Waals surface area contributed by atoms with Crippen LogP contribution < -0.4 is 0 Å². The van der Waals surface area contributed by atoms with Crippen LogP contribution in [0.3, 0.4) is 0 Å². The van der Waals surface area contributed by atoms with E-state index in [1.807, 2.05) is 36.5 Å². The second kappa shape index (κ2) is 8.64. The fourth-order valence-corrected chi connectivity index (χ4v) is 2.16. The summed E-state index contributed by atoms with van der Waals surface area (Å²) in [6.45, 7) is 0.976. The van der Waals surface area contributed by atoms with Gasteiger partial charge in [-0.05, 0) is 29.8 Å². The Balaban J connectivity index is 0.000000155. The first-order valence-corrected chi connectivity index (χ1v) is 7.10. The summed E-state index contributed by atoms with van der Waals surface area (Å²) in [6, 6.07) is 20.3. The summed E-state index contributed by atoms with van der Waals surface area (Å²) in [5.41, 5.74) is 2.47. The van der Waals surface area contributed by atoms with Crippen molar-refractivity contribution in [1.82, 2.24) is 0 Å². The van der Waals surface area contributed by atoms with Crippen LogP contribution in [0.4, 0.5) is 0 Å². The van der Waals surface area contributed by atoms with Crippen molar-refractivity contribution in [3.63, 3.8) is 0 Å². The van der Waals surface area contributed by atoms with E-state index < -0.39 is 0 Å². The van der Waals surface area contributed by atoms with Crippen LogP contribution in [0.2, 0.25) is 0 Å². The lowest BCUT2D eigenvalue weighted by molar-refractivity contribution is -0.104. The Labute approximate surface area is 125 Å². The van der Waals surface area contributed by atoms with Crippen molar-refractivity contribution < 1.29 is 4.79 Å². The molecule has 1 aliphatic heterocycles. The predicted octanol–water partition coefficient (Wildman–Crippen LogP) is 4.14. The van der Waals surface area contributed by atoms with Gasteiger partial charge >= 0.3 is 0 Å². The molecular weight excluding hydrogens is 258 g/mol. The smallest absolute Gasteiger partial charge is 0.142 e. The molecule has 0 bridgehead atoms. The Morgan fingerprint density at radius 3 is 2.19 bits per heavy atom. The van der Waals surface area contributed by atoms with E-state index in [1.165, 1.54) is 11.6 Å². The zero-order valence-corrected chi connectivity index (χ0v) is 11.9. The van der Waals surface area contributed by atoms with Crippen LogP contribution in [-0.4, -0.2) is 19.0 Å². The quantitative estimate of drug-likeness (QED) is 0.612. The lowest BCUT2D eigenvalue weighted by atomic mass is 9.98. The van der Waals surface area contributed by atoms with Gasteiger partial charge in [0, 0.05) is 12.5 Å². The molecule has 1 unspecified atom stereocenters. The molecule has 1 atom stereocenters. The second-order valence-corrected chi connectivity index (χ2v) is 4.80. The van der Waals surface area contributed by atoms with Crippen molar-refractivity contribution in [1.29, 1.82) is 0 Å². The van der Waals surface area contributed by atoms with Crippen LogP contribution >= 0.6 is 0 Å². The largest absolute Gasteiger partial charge is 0.299 e. The Kier molecular flexibility index (Phi) is 6.14. The van der Waals surface area contributed by atoms with Crippen LogP contribution in [0.25, 0.3) is 6.08 Å². The first-order chi connectivity index (χ1) is 10.4. The van der Waals surface area contributed by atoms with Crippen LogP contribution in [0.15, 0.2) is 71.7 Å². The number of rotatable bonds is 3. The summed E-state index contributed by atoms with van der Waals surface area (Å²) in [5.74, 6) is 0.649. The van der Waals surface area contributed by atoms with E-state index in [2.05, 4.69) is 35.3 Å². The molecule has 106 valence electrons. The maximum Gasteiger partial charge on any atom is 0.142 e. The highest BCUT2D eigenvalue weighted by molar-refractivity contribution is 5.73. The average molecular weight is 277 g/mol. The fraction of sp³-hybridized carbons (Fsp3) is 0.158. The van der Waals surface area contributed by atoms with Crippen molar-refractivity contribution in [2.24, 2.45) is 4.99 Å². The van der Waals surface area contributed by atoms with Gasteiger partial charge < -0.3 is 0 Å². The molecule has 0 N–H and O–H groups in total. The third-order valence-electron chi connectivity index (χ3n) is 3.28. The highest BCUT2D eigenvalue weighted by atomic mass is 16.1. The number of allylic oxidation sites excluding steroid dienone is 1. The molecule has 0 aromatic heterocycles. The van der Waals surface area contributed by atoms with Gasteiger partial charge in [0.1, 0.15) is 6.29 Å². The molecular formula is C19H19NO. The van der Waals surface area contributed by atoms with Gasteiger partial charge in [-0.25, -0.2) is 0 Å². The van der Waals surface area contributed by atoms with E-state index >= 15 is 0 Å². The Bertz CT molecular complexity index is 579. The van der Waals surface area contributed by atoms with Gasteiger partial charge in [-0.2, -0.15) is 0 Å². The topological polar surface area (TPSA) is 29.4 Å². The molecule has 1 aliphatic rings. The lowest BCUT2D eigenvalue weighted by Gasteiger charge is -2.06. The van der Waals surface area contributed by atoms with Gasteiger partial charge in [-0.15, -0.1) is 0 Å². The molecule has 0 saturated heterocycles. The minimum atomic E-state index is 0.649. The van der Waals surface area contributed by atoms with Crippen molar-refractivity contribution in [2.75, 3.05) is 6.54 Å². The van der Waals surface area contributed by atoms with Crippen LogP contribution in [0.5, 0.6) is 0 Å². The van der Waals surface area contributed by atoms with Gasteiger partial charge in [-0.3, -0.25) is 9.79 Å². The van der Waals surface area contributed by atoms with Gasteiger partial charge in [0.15, 0.2) is 0 Å².